The lowest BCUT2D eigenvalue weighted by Gasteiger charge is -2.22. The van der Waals surface area contributed by atoms with Crippen LogP contribution in [0.3, 0.4) is 0 Å². The van der Waals surface area contributed by atoms with Crippen LogP contribution in [-0.4, -0.2) is 30.9 Å². The van der Waals surface area contributed by atoms with Gasteiger partial charge in [-0.05, 0) is 41.5 Å². The first kappa shape index (κ1) is 21.5. The van der Waals surface area contributed by atoms with Gasteiger partial charge in [0.1, 0.15) is 12.4 Å². The minimum Gasteiger partial charge on any atom is -0.485 e. The van der Waals surface area contributed by atoms with E-state index in [0.29, 0.717) is 34.1 Å². The Bertz CT molecular complexity index is 1070. The molecule has 1 unspecified atom stereocenters. The number of aliphatic imine (C=N–C) groups is 1. The van der Waals surface area contributed by atoms with Crippen molar-refractivity contribution in [3.8, 4) is 17.2 Å². The molecule has 1 aliphatic rings. The number of hydrogen-bond donors (Lipinski definition) is 0. The van der Waals surface area contributed by atoms with Gasteiger partial charge in [0.05, 0.1) is 22.9 Å². The van der Waals surface area contributed by atoms with Crippen molar-refractivity contribution >= 4 is 29.5 Å². The number of para-hydroxylation sites is 3. The zero-order valence-electron chi connectivity index (χ0n) is 17.3. The van der Waals surface area contributed by atoms with Gasteiger partial charge >= 0.3 is 0 Å². The molecule has 0 fully saturated rings. The summed E-state index contributed by atoms with van der Waals surface area (Å²) in [6.45, 7) is 5.32. The van der Waals surface area contributed by atoms with Gasteiger partial charge in [0.15, 0.2) is 11.5 Å². The summed E-state index contributed by atoms with van der Waals surface area (Å²) >= 11 is 12.1. The SMILES string of the molecule is CC(CN1C=NCC1)c1ccccc1Oc1ccccc1OCc1ccc(Cl)c(Cl)c1. The highest BCUT2D eigenvalue weighted by Crippen LogP contribution is 2.36. The van der Waals surface area contributed by atoms with E-state index in [4.69, 9.17) is 32.7 Å². The molecule has 0 aromatic heterocycles. The molecule has 1 aliphatic heterocycles. The standard InChI is InChI=1S/C25H24Cl2N2O2/c1-18(15-29-13-12-28-17-29)20-6-2-3-7-23(20)31-25-9-5-4-8-24(25)30-16-19-10-11-21(26)22(27)14-19/h2-11,14,17-18H,12-13,15-16H2,1H3. The Kier molecular flexibility index (Phi) is 7.00. The van der Waals surface area contributed by atoms with Gasteiger partial charge in [0.2, 0.25) is 0 Å². The summed E-state index contributed by atoms with van der Waals surface area (Å²) < 4.78 is 12.4. The molecular weight excluding hydrogens is 431 g/mol. The molecule has 1 heterocycles. The number of ether oxygens (including phenoxy) is 2. The van der Waals surface area contributed by atoms with E-state index in [-0.39, 0.29) is 0 Å². The predicted octanol–water partition coefficient (Wildman–Crippen LogP) is 6.81. The van der Waals surface area contributed by atoms with E-state index in [1.807, 2.05) is 60.9 Å². The molecule has 1 atom stereocenters. The number of benzene rings is 3. The first-order valence-electron chi connectivity index (χ1n) is 10.3. The van der Waals surface area contributed by atoms with Crippen molar-refractivity contribution in [2.45, 2.75) is 19.4 Å². The third-order valence-corrected chi connectivity index (χ3v) is 5.91. The summed E-state index contributed by atoms with van der Waals surface area (Å²) in [6.07, 6.45) is 1.94. The first-order chi connectivity index (χ1) is 15.1. The topological polar surface area (TPSA) is 34.1 Å². The normalized spacial score (nSPS) is 14.0. The quantitative estimate of drug-likeness (QED) is 0.374. The van der Waals surface area contributed by atoms with Crippen LogP contribution in [0.15, 0.2) is 71.7 Å². The fourth-order valence-electron chi connectivity index (χ4n) is 3.55. The number of halogens is 2. The fraction of sp³-hybridized carbons (Fsp3) is 0.240. The van der Waals surface area contributed by atoms with Crippen LogP contribution in [0.1, 0.15) is 24.0 Å². The molecule has 0 bridgehead atoms. The molecule has 3 aromatic carbocycles. The first-order valence-corrected chi connectivity index (χ1v) is 11.0. The van der Waals surface area contributed by atoms with Gasteiger partial charge in [-0.2, -0.15) is 0 Å². The zero-order chi connectivity index (χ0) is 21.6. The summed E-state index contributed by atoms with van der Waals surface area (Å²) in [6, 6.07) is 21.3. The maximum absolute atomic E-state index is 6.33. The Hall–Kier alpha value is -2.69. The fourth-order valence-corrected chi connectivity index (χ4v) is 3.87. The molecule has 0 radical (unpaired) electrons. The van der Waals surface area contributed by atoms with Gasteiger partial charge in [-0.3, -0.25) is 4.99 Å². The van der Waals surface area contributed by atoms with Crippen molar-refractivity contribution < 1.29 is 9.47 Å². The third-order valence-electron chi connectivity index (χ3n) is 5.17. The molecule has 4 rings (SSSR count). The lowest BCUT2D eigenvalue weighted by atomic mass is 9.99. The monoisotopic (exact) mass is 454 g/mol. The highest BCUT2D eigenvalue weighted by molar-refractivity contribution is 6.42. The molecule has 0 saturated heterocycles. The van der Waals surface area contributed by atoms with E-state index in [1.54, 1.807) is 6.07 Å². The Morgan fingerprint density at radius 2 is 1.68 bits per heavy atom. The summed E-state index contributed by atoms with van der Waals surface area (Å²) in [5.41, 5.74) is 2.09. The van der Waals surface area contributed by atoms with Crippen molar-refractivity contribution in [1.29, 1.82) is 0 Å². The second-order valence-corrected chi connectivity index (χ2v) is 8.36. The molecular formula is C25H24Cl2N2O2. The minimum absolute atomic E-state index is 0.296. The second kappa shape index (κ2) is 10.1. The average molecular weight is 455 g/mol. The van der Waals surface area contributed by atoms with Crippen LogP contribution in [0, 0.1) is 0 Å². The predicted molar refractivity (Wildman–Crippen MR) is 127 cm³/mol. The van der Waals surface area contributed by atoms with Crippen LogP contribution in [-0.2, 0) is 6.61 Å². The lowest BCUT2D eigenvalue weighted by Crippen LogP contribution is -2.24. The van der Waals surface area contributed by atoms with E-state index >= 15 is 0 Å². The van der Waals surface area contributed by atoms with Gasteiger partial charge in [0, 0.05) is 19.0 Å². The van der Waals surface area contributed by atoms with Gasteiger partial charge in [-0.1, -0.05) is 66.5 Å². The van der Waals surface area contributed by atoms with Crippen LogP contribution in [0.25, 0.3) is 0 Å². The van der Waals surface area contributed by atoms with Crippen LogP contribution >= 0.6 is 23.2 Å². The summed E-state index contributed by atoms with van der Waals surface area (Å²) in [4.78, 5) is 6.55. The van der Waals surface area contributed by atoms with Crippen molar-refractivity contribution in [3.63, 3.8) is 0 Å². The Morgan fingerprint density at radius 1 is 0.935 bits per heavy atom. The van der Waals surface area contributed by atoms with Gasteiger partial charge in [0.25, 0.3) is 0 Å². The molecule has 4 nitrogen and oxygen atoms in total. The largest absolute Gasteiger partial charge is 0.485 e. The maximum atomic E-state index is 6.33. The lowest BCUT2D eigenvalue weighted by molar-refractivity contribution is 0.291. The molecule has 0 N–H and O–H groups in total. The molecule has 0 amide bonds. The minimum atomic E-state index is 0.296. The van der Waals surface area contributed by atoms with Crippen molar-refractivity contribution in [2.24, 2.45) is 4.99 Å². The molecule has 3 aromatic rings. The smallest absolute Gasteiger partial charge is 0.169 e. The second-order valence-electron chi connectivity index (χ2n) is 7.54. The van der Waals surface area contributed by atoms with Gasteiger partial charge in [-0.25, -0.2) is 0 Å². The van der Waals surface area contributed by atoms with Crippen molar-refractivity contribution in [3.05, 3.63) is 87.9 Å². The number of rotatable bonds is 8. The zero-order valence-corrected chi connectivity index (χ0v) is 18.8. The van der Waals surface area contributed by atoms with Crippen molar-refractivity contribution in [1.82, 2.24) is 4.90 Å². The molecule has 6 heteroatoms. The van der Waals surface area contributed by atoms with E-state index in [2.05, 4.69) is 22.9 Å². The van der Waals surface area contributed by atoms with E-state index in [1.165, 1.54) is 0 Å². The van der Waals surface area contributed by atoms with E-state index in [0.717, 1.165) is 36.5 Å². The van der Waals surface area contributed by atoms with Crippen molar-refractivity contribution in [2.75, 3.05) is 19.6 Å². The molecule has 0 saturated carbocycles. The van der Waals surface area contributed by atoms with Crippen LogP contribution in [0.4, 0.5) is 0 Å². The van der Waals surface area contributed by atoms with Crippen LogP contribution in [0.2, 0.25) is 10.0 Å². The Balaban J connectivity index is 1.49. The maximum Gasteiger partial charge on any atom is 0.169 e. The Morgan fingerprint density at radius 3 is 2.42 bits per heavy atom. The summed E-state index contributed by atoms with van der Waals surface area (Å²) in [5.74, 6) is 2.47. The van der Waals surface area contributed by atoms with E-state index in [9.17, 15) is 0 Å². The molecule has 0 aliphatic carbocycles. The highest BCUT2D eigenvalue weighted by Gasteiger charge is 2.17. The van der Waals surface area contributed by atoms with Gasteiger partial charge < -0.3 is 14.4 Å². The van der Waals surface area contributed by atoms with E-state index < -0.39 is 0 Å². The molecule has 31 heavy (non-hydrogen) atoms. The van der Waals surface area contributed by atoms with Crippen LogP contribution < -0.4 is 9.47 Å². The van der Waals surface area contributed by atoms with Gasteiger partial charge in [-0.15, -0.1) is 0 Å². The number of nitrogens with zero attached hydrogens (tertiary/aromatic N) is 2. The highest BCUT2D eigenvalue weighted by atomic mass is 35.5. The summed E-state index contributed by atoms with van der Waals surface area (Å²) in [7, 11) is 0. The third kappa shape index (κ3) is 5.52. The van der Waals surface area contributed by atoms with Crippen LogP contribution in [0.5, 0.6) is 17.2 Å². The molecule has 0 spiro atoms. The molecule has 160 valence electrons. The Labute approximate surface area is 193 Å². The summed E-state index contributed by atoms with van der Waals surface area (Å²) in [5, 5.41) is 1.04. The average Bonchev–Trinajstić information content (AvgIpc) is 3.29. The number of hydrogen-bond acceptors (Lipinski definition) is 4.